The van der Waals surface area contributed by atoms with Crippen LogP contribution in [0.15, 0.2) is 65.1 Å². The Bertz CT molecular complexity index is 817. The molecule has 0 bridgehead atoms. The minimum atomic E-state index is -1.01. The van der Waals surface area contributed by atoms with E-state index in [-0.39, 0.29) is 5.56 Å². The van der Waals surface area contributed by atoms with Crippen LogP contribution in [0.25, 0.3) is 22.6 Å². The smallest absolute Gasteiger partial charge is 0.361 e. The Labute approximate surface area is 145 Å². The van der Waals surface area contributed by atoms with Gasteiger partial charge in [-0.3, -0.25) is 0 Å². The lowest BCUT2D eigenvalue weighted by atomic mass is 10.1. The Morgan fingerprint density at radius 1 is 0.800 bits per heavy atom. The number of aromatic carboxylic acids is 1. The first-order valence-corrected chi connectivity index (χ1v) is 7.61. The van der Waals surface area contributed by atoms with Gasteiger partial charge in [-0.25, -0.2) is 9.21 Å². The summed E-state index contributed by atoms with van der Waals surface area (Å²) in [6, 6.07) is 17.5. The van der Waals surface area contributed by atoms with Crippen molar-refractivity contribution in [3.05, 3.63) is 66.2 Å². The topological polar surface area (TPSA) is 67.1 Å². The molecule has 126 valence electrons. The molecule has 0 fully saturated rings. The summed E-state index contributed by atoms with van der Waals surface area (Å²) in [6.45, 7) is 0. The van der Waals surface area contributed by atoms with Crippen LogP contribution in [0.1, 0.15) is 10.4 Å². The van der Waals surface area contributed by atoms with Gasteiger partial charge in [-0.15, -0.1) is 0 Å². The molecule has 1 aromatic heterocycles. The molecular formula is C20H17O5+. The molecule has 0 aliphatic heterocycles. The van der Waals surface area contributed by atoms with Crippen molar-refractivity contribution in [2.24, 2.45) is 0 Å². The Balaban J connectivity index is 2.08. The molecule has 5 nitrogen and oxygen atoms in total. The van der Waals surface area contributed by atoms with Gasteiger partial charge in [-0.2, -0.15) is 0 Å². The Hall–Kier alpha value is -3.34. The van der Waals surface area contributed by atoms with E-state index in [9.17, 15) is 9.90 Å². The van der Waals surface area contributed by atoms with Crippen LogP contribution >= 0.6 is 0 Å². The van der Waals surface area contributed by atoms with Crippen molar-refractivity contribution in [2.45, 2.75) is 0 Å². The third kappa shape index (κ3) is 3.61. The van der Waals surface area contributed by atoms with Crippen LogP contribution in [0.3, 0.4) is 0 Å². The normalized spacial score (nSPS) is 10.3. The molecule has 0 atom stereocenters. The van der Waals surface area contributed by atoms with E-state index in [1.807, 2.05) is 24.3 Å². The maximum atomic E-state index is 11.5. The summed E-state index contributed by atoms with van der Waals surface area (Å²) in [6.07, 6.45) is 0. The summed E-state index contributed by atoms with van der Waals surface area (Å²) in [4.78, 5) is 11.5. The molecule has 0 aliphatic rings. The van der Waals surface area contributed by atoms with Crippen molar-refractivity contribution in [3.8, 4) is 34.1 Å². The molecular weight excluding hydrogens is 320 g/mol. The fraction of sp³-hybridized carbons (Fsp3) is 0.100. The molecule has 0 spiro atoms. The van der Waals surface area contributed by atoms with E-state index in [4.69, 9.17) is 13.9 Å². The van der Waals surface area contributed by atoms with Gasteiger partial charge in [0.05, 0.1) is 43.0 Å². The molecule has 5 heteroatoms. The SMILES string of the molecule is COc1ccc(-c2cc(C(=O)O)cc(-c3ccc(OC)cc3)[o+]2)cc1. The molecule has 0 amide bonds. The van der Waals surface area contributed by atoms with Gasteiger partial charge in [0, 0.05) is 0 Å². The lowest BCUT2D eigenvalue weighted by Gasteiger charge is -2.01. The molecule has 1 N–H and O–H groups in total. The van der Waals surface area contributed by atoms with E-state index < -0.39 is 5.97 Å². The number of carboxylic acid groups (broad SMARTS) is 1. The van der Waals surface area contributed by atoms with Crippen LogP contribution in [-0.2, 0) is 0 Å². The second-order valence-corrected chi connectivity index (χ2v) is 5.34. The van der Waals surface area contributed by atoms with Crippen LogP contribution < -0.4 is 9.47 Å². The highest BCUT2D eigenvalue weighted by atomic mass is 16.5. The zero-order chi connectivity index (χ0) is 17.8. The first-order chi connectivity index (χ1) is 12.1. The largest absolute Gasteiger partial charge is 0.497 e. The Morgan fingerprint density at radius 3 is 1.52 bits per heavy atom. The van der Waals surface area contributed by atoms with Gasteiger partial charge < -0.3 is 14.6 Å². The van der Waals surface area contributed by atoms with Crippen LogP contribution in [0.4, 0.5) is 0 Å². The molecule has 2 aromatic carbocycles. The van der Waals surface area contributed by atoms with Crippen molar-refractivity contribution in [1.82, 2.24) is 0 Å². The maximum absolute atomic E-state index is 11.5. The lowest BCUT2D eigenvalue weighted by molar-refractivity contribution is 0.0696. The predicted octanol–water partition coefficient (Wildman–Crippen LogP) is 4.61. The van der Waals surface area contributed by atoms with Crippen molar-refractivity contribution >= 4 is 5.97 Å². The molecule has 25 heavy (non-hydrogen) atoms. The minimum absolute atomic E-state index is 0.155. The van der Waals surface area contributed by atoms with E-state index >= 15 is 0 Å². The van der Waals surface area contributed by atoms with E-state index in [2.05, 4.69) is 0 Å². The Kier molecular flexibility index (Phi) is 4.66. The number of rotatable bonds is 5. The quantitative estimate of drug-likeness (QED) is 0.689. The average Bonchev–Trinajstić information content (AvgIpc) is 2.67. The highest BCUT2D eigenvalue weighted by Gasteiger charge is 2.22. The first-order valence-electron chi connectivity index (χ1n) is 7.61. The monoisotopic (exact) mass is 337 g/mol. The van der Waals surface area contributed by atoms with E-state index in [1.54, 1.807) is 38.5 Å². The van der Waals surface area contributed by atoms with Crippen LogP contribution in [0, 0.1) is 0 Å². The third-order valence-corrected chi connectivity index (χ3v) is 3.79. The average molecular weight is 337 g/mol. The van der Waals surface area contributed by atoms with E-state index in [1.165, 1.54) is 12.1 Å². The lowest BCUT2D eigenvalue weighted by Crippen LogP contribution is -1.97. The van der Waals surface area contributed by atoms with Gasteiger partial charge in [-0.05, 0) is 48.5 Å². The molecule has 1 heterocycles. The fourth-order valence-corrected chi connectivity index (χ4v) is 2.42. The maximum Gasteiger partial charge on any atom is 0.361 e. The minimum Gasteiger partial charge on any atom is -0.497 e. The second kappa shape index (κ2) is 7.05. The van der Waals surface area contributed by atoms with Gasteiger partial charge >= 0.3 is 17.5 Å². The predicted molar refractivity (Wildman–Crippen MR) is 94.1 cm³/mol. The van der Waals surface area contributed by atoms with E-state index in [0.29, 0.717) is 23.0 Å². The summed E-state index contributed by atoms with van der Waals surface area (Å²) in [5, 5.41) is 9.41. The second-order valence-electron chi connectivity index (χ2n) is 5.34. The van der Waals surface area contributed by atoms with Gasteiger partial charge in [-0.1, -0.05) is 0 Å². The highest BCUT2D eigenvalue weighted by Crippen LogP contribution is 2.30. The number of methoxy groups -OCH3 is 2. The zero-order valence-electron chi connectivity index (χ0n) is 13.9. The summed E-state index contributed by atoms with van der Waals surface area (Å²) in [5.74, 6) is 1.35. The van der Waals surface area contributed by atoms with Crippen LogP contribution in [0.2, 0.25) is 0 Å². The number of hydrogen-bond donors (Lipinski definition) is 1. The van der Waals surface area contributed by atoms with E-state index in [0.717, 1.165) is 11.1 Å². The molecule has 0 saturated carbocycles. The molecule has 0 saturated heterocycles. The number of carboxylic acids is 1. The summed E-state index contributed by atoms with van der Waals surface area (Å²) in [5.41, 5.74) is 1.68. The first kappa shape index (κ1) is 16.5. The van der Waals surface area contributed by atoms with Gasteiger partial charge in [0.2, 0.25) is 0 Å². The molecule has 3 aromatic rings. The number of benzene rings is 2. The van der Waals surface area contributed by atoms with Crippen molar-refractivity contribution in [2.75, 3.05) is 14.2 Å². The van der Waals surface area contributed by atoms with Gasteiger partial charge in [0.25, 0.3) is 0 Å². The van der Waals surface area contributed by atoms with Crippen LogP contribution in [-0.4, -0.2) is 25.3 Å². The van der Waals surface area contributed by atoms with Crippen molar-refractivity contribution in [3.63, 3.8) is 0 Å². The zero-order valence-corrected chi connectivity index (χ0v) is 13.9. The van der Waals surface area contributed by atoms with Gasteiger partial charge in [0.15, 0.2) is 0 Å². The summed E-state index contributed by atoms with van der Waals surface area (Å²) >= 11 is 0. The standard InChI is InChI=1S/C20H16O5/c1-23-16-7-3-13(4-8-16)18-11-15(20(21)22)12-19(25-18)14-5-9-17(24-2)10-6-14/h3-12H,1-2H3/p+1. The number of carbonyl (C=O) groups is 1. The van der Waals surface area contributed by atoms with Crippen molar-refractivity contribution in [1.29, 1.82) is 0 Å². The molecule has 0 unspecified atom stereocenters. The number of hydrogen-bond acceptors (Lipinski definition) is 3. The summed E-state index contributed by atoms with van der Waals surface area (Å²) in [7, 11) is 3.18. The number of ether oxygens (including phenoxy) is 2. The highest BCUT2D eigenvalue weighted by molar-refractivity contribution is 5.90. The summed E-state index contributed by atoms with van der Waals surface area (Å²) < 4.78 is 16.2. The Morgan fingerprint density at radius 2 is 1.20 bits per heavy atom. The van der Waals surface area contributed by atoms with Crippen LogP contribution in [0.5, 0.6) is 11.5 Å². The van der Waals surface area contributed by atoms with Gasteiger partial charge in [0.1, 0.15) is 11.5 Å². The molecule has 3 rings (SSSR count). The molecule has 0 radical (unpaired) electrons. The fourth-order valence-electron chi connectivity index (χ4n) is 2.42. The van der Waals surface area contributed by atoms with Crippen molar-refractivity contribution < 1.29 is 23.8 Å². The third-order valence-electron chi connectivity index (χ3n) is 3.79. The molecule has 0 aliphatic carbocycles.